The molecule has 0 radical (unpaired) electrons. The maximum atomic E-state index is 12.3. The second-order valence-corrected chi connectivity index (χ2v) is 6.27. The number of nitrogens with one attached hydrogen (secondary N) is 1. The molecule has 0 aliphatic carbocycles. The Kier molecular flexibility index (Phi) is 4.68. The number of nitrogens with zero attached hydrogens (tertiary/aromatic N) is 1. The van der Waals surface area contributed by atoms with E-state index >= 15 is 0 Å². The smallest absolute Gasteiger partial charge is 0.290 e. The van der Waals surface area contributed by atoms with Gasteiger partial charge in [-0.3, -0.25) is 4.79 Å². The van der Waals surface area contributed by atoms with Gasteiger partial charge < -0.3 is 14.9 Å². The zero-order valence-electron chi connectivity index (χ0n) is 14.5. The number of hydrogen-bond acceptors (Lipinski definition) is 4. The number of aromatic nitrogens is 1. The van der Waals surface area contributed by atoms with Crippen molar-refractivity contribution in [1.29, 1.82) is 0 Å². The number of benzene rings is 3. The van der Waals surface area contributed by atoms with Crippen LogP contribution in [0.2, 0.25) is 0 Å². The van der Waals surface area contributed by atoms with Crippen LogP contribution in [0.15, 0.2) is 83.4 Å². The summed E-state index contributed by atoms with van der Waals surface area (Å²) < 4.78 is 5.13. The van der Waals surface area contributed by atoms with Gasteiger partial charge in [-0.2, -0.15) is 0 Å². The van der Waals surface area contributed by atoms with Crippen molar-refractivity contribution < 1.29 is 14.4 Å². The van der Waals surface area contributed by atoms with E-state index in [2.05, 4.69) is 10.5 Å². The lowest BCUT2D eigenvalue weighted by Gasteiger charge is -2.12. The molecule has 27 heavy (non-hydrogen) atoms. The molecule has 4 rings (SSSR count). The number of fused-ring (bicyclic) bond motifs is 1. The molecule has 1 amide bonds. The summed E-state index contributed by atoms with van der Waals surface area (Å²) in [6.45, 7) is 0.0819. The summed E-state index contributed by atoms with van der Waals surface area (Å²) in [4.78, 5) is 12.3. The average Bonchev–Trinajstić information content (AvgIpc) is 3.22. The average molecular weight is 358 g/mol. The molecule has 0 bridgehead atoms. The Hall–Kier alpha value is -3.44. The van der Waals surface area contributed by atoms with Crippen LogP contribution in [0, 0.1) is 0 Å². The molecule has 0 aliphatic heterocycles. The minimum absolute atomic E-state index is 0.0819. The van der Waals surface area contributed by atoms with Crippen molar-refractivity contribution in [3.63, 3.8) is 0 Å². The summed E-state index contributed by atoms with van der Waals surface area (Å²) in [5.41, 5.74) is 2.21. The Balaban J connectivity index is 1.42. The quantitative estimate of drug-likeness (QED) is 0.566. The van der Waals surface area contributed by atoms with Gasteiger partial charge in [0.25, 0.3) is 5.91 Å². The van der Waals surface area contributed by atoms with E-state index in [-0.39, 0.29) is 12.3 Å². The van der Waals surface area contributed by atoms with Gasteiger partial charge in [-0.15, -0.1) is 0 Å². The molecule has 0 saturated carbocycles. The number of amides is 1. The normalized spacial score (nSPS) is 12.0. The van der Waals surface area contributed by atoms with Gasteiger partial charge in [0.2, 0.25) is 5.76 Å². The van der Waals surface area contributed by atoms with E-state index in [1.54, 1.807) is 6.07 Å². The zero-order chi connectivity index (χ0) is 18.6. The minimum Gasteiger partial charge on any atom is -0.387 e. The molecule has 134 valence electrons. The fourth-order valence-corrected chi connectivity index (χ4v) is 2.94. The van der Waals surface area contributed by atoms with Crippen LogP contribution in [0.4, 0.5) is 0 Å². The van der Waals surface area contributed by atoms with Crippen molar-refractivity contribution in [3.05, 3.63) is 90.2 Å². The maximum Gasteiger partial charge on any atom is 0.290 e. The third-order valence-corrected chi connectivity index (χ3v) is 4.42. The highest BCUT2D eigenvalue weighted by Crippen LogP contribution is 2.21. The van der Waals surface area contributed by atoms with Gasteiger partial charge in [0.05, 0.1) is 6.10 Å². The Morgan fingerprint density at radius 1 is 0.963 bits per heavy atom. The van der Waals surface area contributed by atoms with Crippen molar-refractivity contribution in [2.75, 3.05) is 6.54 Å². The Labute approximate surface area is 156 Å². The lowest BCUT2D eigenvalue weighted by molar-refractivity contribution is 0.0880. The second kappa shape index (κ2) is 7.43. The van der Waals surface area contributed by atoms with Gasteiger partial charge in [-0.05, 0) is 22.4 Å². The minimum atomic E-state index is -0.810. The predicted octanol–water partition coefficient (Wildman–Crippen LogP) is 3.96. The molecule has 3 aromatic carbocycles. The SMILES string of the molecule is O=C(NC[C@@H](O)c1ccc2ccccc2c1)c1cc(-c2ccccc2)no1. The standard InChI is InChI=1S/C22H18N2O3/c25-20(18-11-10-15-6-4-5-9-17(15)12-18)14-23-22(26)21-13-19(24-27-21)16-7-2-1-3-8-16/h1-13,20,25H,14H2,(H,23,26)/t20-/m1/s1. The number of aliphatic hydroxyl groups excluding tert-OH is 1. The van der Waals surface area contributed by atoms with Crippen molar-refractivity contribution in [3.8, 4) is 11.3 Å². The van der Waals surface area contributed by atoms with E-state index < -0.39 is 12.0 Å². The summed E-state index contributed by atoms with van der Waals surface area (Å²) in [5, 5.41) is 19.2. The molecule has 0 spiro atoms. The number of carbonyl (C=O) groups excluding carboxylic acids is 1. The van der Waals surface area contributed by atoms with Gasteiger partial charge in [-0.1, -0.05) is 71.9 Å². The van der Waals surface area contributed by atoms with Crippen LogP contribution in [0.5, 0.6) is 0 Å². The van der Waals surface area contributed by atoms with E-state index in [4.69, 9.17) is 4.52 Å². The van der Waals surface area contributed by atoms with Gasteiger partial charge in [0, 0.05) is 18.2 Å². The fourth-order valence-electron chi connectivity index (χ4n) is 2.94. The molecule has 0 saturated heterocycles. The molecule has 0 unspecified atom stereocenters. The number of aliphatic hydroxyl groups is 1. The third kappa shape index (κ3) is 3.73. The molecule has 1 aromatic heterocycles. The molecule has 0 fully saturated rings. The number of rotatable bonds is 5. The van der Waals surface area contributed by atoms with Crippen LogP contribution in [-0.4, -0.2) is 22.7 Å². The van der Waals surface area contributed by atoms with Crippen molar-refractivity contribution >= 4 is 16.7 Å². The first-order valence-electron chi connectivity index (χ1n) is 8.68. The first-order valence-corrected chi connectivity index (χ1v) is 8.68. The topological polar surface area (TPSA) is 75.4 Å². The highest BCUT2D eigenvalue weighted by Gasteiger charge is 2.16. The van der Waals surface area contributed by atoms with E-state index in [1.165, 1.54) is 0 Å². The Morgan fingerprint density at radius 2 is 1.70 bits per heavy atom. The maximum absolute atomic E-state index is 12.3. The summed E-state index contributed by atoms with van der Waals surface area (Å²) in [6, 6.07) is 24.7. The Morgan fingerprint density at radius 3 is 2.52 bits per heavy atom. The number of carbonyl (C=O) groups is 1. The highest BCUT2D eigenvalue weighted by molar-refractivity contribution is 5.92. The molecule has 1 heterocycles. The van der Waals surface area contributed by atoms with Crippen LogP contribution in [-0.2, 0) is 0 Å². The van der Waals surface area contributed by atoms with Crippen molar-refractivity contribution in [2.45, 2.75) is 6.10 Å². The summed E-state index contributed by atoms with van der Waals surface area (Å²) in [7, 11) is 0. The fraction of sp³-hybridized carbons (Fsp3) is 0.0909. The van der Waals surface area contributed by atoms with Crippen molar-refractivity contribution in [2.24, 2.45) is 0 Å². The summed E-state index contributed by atoms with van der Waals surface area (Å²) >= 11 is 0. The molecular formula is C22H18N2O3. The second-order valence-electron chi connectivity index (χ2n) is 6.27. The molecule has 1 atom stereocenters. The molecule has 5 heteroatoms. The zero-order valence-corrected chi connectivity index (χ0v) is 14.5. The van der Waals surface area contributed by atoms with E-state index in [9.17, 15) is 9.90 Å². The van der Waals surface area contributed by atoms with E-state index in [0.29, 0.717) is 5.69 Å². The van der Waals surface area contributed by atoms with E-state index in [1.807, 2.05) is 72.8 Å². The van der Waals surface area contributed by atoms with Gasteiger partial charge in [0.1, 0.15) is 5.69 Å². The first-order chi connectivity index (χ1) is 13.2. The molecule has 4 aromatic rings. The van der Waals surface area contributed by atoms with Crippen LogP contribution >= 0.6 is 0 Å². The van der Waals surface area contributed by atoms with Crippen molar-refractivity contribution in [1.82, 2.24) is 10.5 Å². The molecule has 0 aliphatic rings. The van der Waals surface area contributed by atoms with Crippen LogP contribution < -0.4 is 5.32 Å². The molecular weight excluding hydrogens is 340 g/mol. The first kappa shape index (κ1) is 17.0. The van der Waals surface area contributed by atoms with Crippen LogP contribution in [0.1, 0.15) is 22.2 Å². The third-order valence-electron chi connectivity index (χ3n) is 4.42. The van der Waals surface area contributed by atoms with Gasteiger partial charge in [-0.25, -0.2) is 0 Å². The van der Waals surface area contributed by atoms with Crippen LogP contribution in [0.3, 0.4) is 0 Å². The number of hydrogen-bond donors (Lipinski definition) is 2. The largest absolute Gasteiger partial charge is 0.387 e. The monoisotopic (exact) mass is 358 g/mol. The lowest BCUT2D eigenvalue weighted by Crippen LogP contribution is -2.28. The summed E-state index contributed by atoms with van der Waals surface area (Å²) in [6.07, 6.45) is -0.810. The summed E-state index contributed by atoms with van der Waals surface area (Å²) in [5.74, 6) is -0.302. The van der Waals surface area contributed by atoms with Gasteiger partial charge >= 0.3 is 0 Å². The van der Waals surface area contributed by atoms with Gasteiger partial charge in [0.15, 0.2) is 0 Å². The molecule has 5 nitrogen and oxygen atoms in total. The highest BCUT2D eigenvalue weighted by atomic mass is 16.5. The lowest BCUT2D eigenvalue weighted by atomic mass is 10.0. The predicted molar refractivity (Wildman–Crippen MR) is 103 cm³/mol. The van der Waals surface area contributed by atoms with E-state index in [0.717, 1.165) is 21.9 Å². The van der Waals surface area contributed by atoms with Crippen LogP contribution in [0.25, 0.3) is 22.0 Å². The molecule has 2 N–H and O–H groups in total. The Bertz CT molecular complexity index is 1070.